The standard InChI is InChI=1S/C12H20O3S/c1-7(16)12(15)5-9-2-8(4-11(13)14)3-10(9)6-12/h7-10,15-16H,2-6H2,1H3,(H,13,14)/t7?,8?,9-,10+,12?. The average Bonchev–Trinajstić information content (AvgIpc) is 2.57. The number of carboxylic acid groups (broad SMARTS) is 1. The van der Waals surface area contributed by atoms with Gasteiger partial charge in [0, 0.05) is 11.7 Å². The van der Waals surface area contributed by atoms with Crippen molar-refractivity contribution in [2.45, 2.75) is 49.9 Å². The van der Waals surface area contributed by atoms with E-state index in [1.165, 1.54) is 0 Å². The molecule has 0 aromatic heterocycles. The summed E-state index contributed by atoms with van der Waals surface area (Å²) in [6.07, 6.45) is 3.85. The van der Waals surface area contributed by atoms with Gasteiger partial charge >= 0.3 is 5.97 Å². The maximum atomic E-state index is 10.6. The SMILES string of the molecule is CC(S)C1(O)C[C@H]2CC(CC(=O)O)C[C@H]2C1. The van der Waals surface area contributed by atoms with Crippen molar-refractivity contribution in [3.8, 4) is 0 Å². The van der Waals surface area contributed by atoms with Gasteiger partial charge in [-0.2, -0.15) is 12.6 Å². The number of thiol groups is 1. The molecule has 16 heavy (non-hydrogen) atoms. The number of carboxylic acids is 1. The minimum absolute atomic E-state index is 0.0102. The summed E-state index contributed by atoms with van der Waals surface area (Å²) >= 11 is 4.36. The van der Waals surface area contributed by atoms with Crippen LogP contribution in [0.5, 0.6) is 0 Å². The lowest BCUT2D eigenvalue weighted by Crippen LogP contribution is -2.35. The van der Waals surface area contributed by atoms with Crippen molar-refractivity contribution >= 4 is 18.6 Å². The van der Waals surface area contributed by atoms with Gasteiger partial charge in [0.05, 0.1) is 5.60 Å². The summed E-state index contributed by atoms with van der Waals surface area (Å²) < 4.78 is 0. The first kappa shape index (κ1) is 12.2. The van der Waals surface area contributed by atoms with E-state index in [0.29, 0.717) is 24.2 Å². The van der Waals surface area contributed by atoms with Gasteiger partial charge in [-0.25, -0.2) is 0 Å². The van der Waals surface area contributed by atoms with Crippen molar-refractivity contribution < 1.29 is 15.0 Å². The highest BCUT2D eigenvalue weighted by atomic mass is 32.1. The molecule has 0 aromatic rings. The fourth-order valence-electron chi connectivity index (χ4n) is 3.58. The fraction of sp³-hybridized carbons (Fsp3) is 0.917. The van der Waals surface area contributed by atoms with E-state index in [0.717, 1.165) is 25.7 Å². The Morgan fingerprint density at radius 1 is 1.44 bits per heavy atom. The number of rotatable bonds is 3. The molecule has 2 aliphatic carbocycles. The van der Waals surface area contributed by atoms with Crippen molar-refractivity contribution in [1.82, 2.24) is 0 Å². The number of aliphatic carboxylic acids is 1. The van der Waals surface area contributed by atoms with Crippen LogP contribution in [-0.2, 0) is 4.79 Å². The van der Waals surface area contributed by atoms with Crippen molar-refractivity contribution in [2.24, 2.45) is 17.8 Å². The topological polar surface area (TPSA) is 57.5 Å². The largest absolute Gasteiger partial charge is 0.481 e. The molecular formula is C12H20O3S. The minimum atomic E-state index is -0.692. The lowest BCUT2D eigenvalue weighted by molar-refractivity contribution is -0.138. The van der Waals surface area contributed by atoms with Crippen LogP contribution in [0, 0.1) is 17.8 Å². The minimum Gasteiger partial charge on any atom is -0.481 e. The second-order valence-electron chi connectivity index (χ2n) is 5.64. The summed E-state index contributed by atoms with van der Waals surface area (Å²) in [6.45, 7) is 1.94. The summed E-state index contributed by atoms with van der Waals surface area (Å²) in [5.41, 5.74) is -0.618. The van der Waals surface area contributed by atoms with Crippen molar-refractivity contribution in [2.75, 3.05) is 0 Å². The zero-order chi connectivity index (χ0) is 11.9. The lowest BCUT2D eigenvalue weighted by atomic mass is 9.91. The molecule has 92 valence electrons. The molecule has 0 heterocycles. The van der Waals surface area contributed by atoms with Crippen molar-refractivity contribution in [3.63, 3.8) is 0 Å². The van der Waals surface area contributed by atoms with Gasteiger partial charge in [0.2, 0.25) is 0 Å². The Kier molecular flexibility index (Phi) is 3.23. The van der Waals surface area contributed by atoms with E-state index in [1.54, 1.807) is 0 Å². The molecule has 4 heteroatoms. The molecular weight excluding hydrogens is 224 g/mol. The Bertz CT molecular complexity index is 276. The van der Waals surface area contributed by atoms with Crippen LogP contribution in [0.3, 0.4) is 0 Å². The van der Waals surface area contributed by atoms with Gasteiger partial charge in [0.1, 0.15) is 0 Å². The van der Waals surface area contributed by atoms with E-state index in [-0.39, 0.29) is 5.25 Å². The van der Waals surface area contributed by atoms with Crippen LogP contribution in [0.15, 0.2) is 0 Å². The number of hydrogen-bond acceptors (Lipinski definition) is 3. The predicted octanol–water partition coefficient (Wildman–Crippen LogP) is 1.95. The number of fused-ring (bicyclic) bond motifs is 1. The first-order chi connectivity index (χ1) is 7.40. The first-order valence-electron chi connectivity index (χ1n) is 6.03. The summed E-state index contributed by atoms with van der Waals surface area (Å²) in [4.78, 5) is 10.6. The van der Waals surface area contributed by atoms with Crippen LogP contribution in [0.1, 0.15) is 39.0 Å². The second kappa shape index (κ2) is 4.22. The lowest BCUT2D eigenvalue weighted by Gasteiger charge is -2.28. The van der Waals surface area contributed by atoms with Crippen molar-refractivity contribution in [1.29, 1.82) is 0 Å². The van der Waals surface area contributed by atoms with Gasteiger partial charge in [-0.05, 0) is 43.4 Å². The Balaban J connectivity index is 1.93. The zero-order valence-corrected chi connectivity index (χ0v) is 10.5. The predicted molar refractivity (Wildman–Crippen MR) is 64.6 cm³/mol. The van der Waals surface area contributed by atoms with Gasteiger partial charge in [0.15, 0.2) is 0 Å². The van der Waals surface area contributed by atoms with Crippen LogP contribution in [0.25, 0.3) is 0 Å². The molecule has 2 fully saturated rings. The van der Waals surface area contributed by atoms with Crippen LogP contribution in [0.2, 0.25) is 0 Å². The first-order valence-corrected chi connectivity index (χ1v) is 6.54. The molecule has 0 aromatic carbocycles. The van der Waals surface area contributed by atoms with Crippen LogP contribution >= 0.6 is 12.6 Å². The normalized spacial score (nSPS) is 44.3. The third-order valence-electron chi connectivity index (χ3n) is 4.41. The number of carbonyl (C=O) groups is 1. The monoisotopic (exact) mass is 244 g/mol. The maximum absolute atomic E-state index is 10.6. The van der Waals surface area contributed by atoms with E-state index in [2.05, 4.69) is 12.6 Å². The molecule has 0 amide bonds. The van der Waals surface area contributed by atoms with E-state index >= 15 is 0 Å². The third kappa shape index (κ3) is 2.23. The summed E-state index contributed by atoms with van der Waals surface area (Å²) in [5.74, 6) is 0.669. The smallest absolute Gasteiger partial charge is 0.303 e. The molecule has 2 rings (SSSR count). The molecule has 0 spiro atoms. The van der Waals surface area contributed by atoms with Gasteiger partial charge in [-0.15, -0.1) is 0 Å². The molecule has 0 radical (unpaired) electrons. The quantitative estimate of drug-likeness (QED) is 0.665. The van der Waals surface area contributed by atoms with Gasteiger partial charge in [-0.1, -0.05) is 6.92 Å². The van der Waals surface area contributed by atoms with E-state index in [4.69, 9.17) is 5.11 Å². The summed E-state index contributed by atoms with van der Waals surface area (Å²) in [5, 5.41) is 19.1. The van der Waals surface area contributed by atoms with Crippen LogP contribution < -0.4 is 0 Å². The van der Waals surface area contributed by atoms with E-state index in [1.807, 2.05) is 6.92 Å². The van der Waals surface area contributed by atoms with Gasteiger partial charge in [0.25, 0.3) is 0 Å². The Hall–Kier alpha value is -0.220. The summed E-state index contributed by atoms with van der Waals surface area (Å²) in [6, 6.07) is 0. The van der Waals surface area contributed by atoms with Crippen molar-refractivity contribution in [3.05, 3.63) is 0 Å². The highest BCUT2D eigenvalue weighted by Gasteiger charge is 2.50. The maximum Gasteiger partial charge on any atom is 0.303 e. The second-order valence-corrected chi connectivity index (χ2v) is 6.42. The Labute approximate surface area is 102 Å². The van der Waals surface area contributed by atoms with E-state index < -0.39 is 11.6 Å². The molecule has 2 N–H and O–H groups in total. The third-order valence-corrected chi connectivity index (χ3v) is 4.89. The summed E-state index contributed by atoms with van der Waals surface area (Å²) in [7, 11) is 0. The van der Waals surface area contributed by atoms with Crippen LogP contribution in [0.4, 0.5) is 0 Å². The molecule has 0 bridgehead atoms. The average molecular weight is 244 g/mol. The highest BCUT2D eigenvalue weighted by Crippen LogP contribution is 2.53. The highest BCUT2D eigenvalue weighted by molar-refractivity contribution is 7.81. The Morgan fingerprint density at radius 3 is 2.31 bits per heavy atom. The van der Waals surface area contributed by atoms with Gasteiger partial charge < -0.3 is 10.2 Å². The number of aliphatic hydroxyl groups is 1. The van der Waals surface area contributed by atoms with Gasteiger partial charge in [-0.3, -0.25) is 4.79 Å². The fourth-order valence-corrected chi connectivity index (χ4v) is 3.79. The molecule has 2 aliphatic rings. The molecule has 0 aliphatic heterocycles. The Morgan fingerprint density at radius 2 is 1.94 bits per heavy atom. The molecule has 3 unspecified atom stereocenters. The molecule has 2 saturated carbocycles. The molecule has 5 atom stereocenters. The zero-order valence-electron chi connectivity index (χ0n) is 9.59. The molecule has 3 nitrogen and oxygen atoms in total. The molecule has 0 saturated heterocycles. The number of hydrogen-bond donors (Lipinski definition) is 3. The van der Waals surface area contributed by atoms with E-state index in [9.17, 15) is 9.90 Å². The van der Waals surface area contributed by atoms with Crippen LogP contribution in [-0.4, -0.2) is 27.0 Å².